The molecule has 0 unspecified atom stereocenters. The first-order valence-electron chi connectivity index (χ1n) is 9.49. The van der Waals surface area contributed by atoms with Crippen molar-refractivity contribution in [2.24, 2.45) is 5.92 Å². The number of aliphatic hydroxyl groups is 1. The lowest BCUT2D eigenvalue weighted by Gasteiger charge is -2.15. The van der Waals surface area contributed by atoms with Gasteiger partial charge >= 0.3 is 0 Å². The monoisotopic (exact) mass is 389 g/mol. The second kappa shape index (κ2) is 8.55. The minimum Gasteiger partial charge on any atom is -0.391 e. The average molecular weight is 389 g/mol. The van der Waals surface area contributed by atoms with Crippen LogP contribution in [0.25, 0.3) is 0 Å². The maximum Gasteiger partial charge on any atom is 0.228 e. The van der Waals surface area contributed by atoms with Gasteiger partial charge in [-0.25, -0.2) is 4.98 Å². The number of carbonyl (C=O) groups is 2. The van der Waals surface area contributed by atoms with Crippen molar-refractivity contribution in [1.82, 2.24) is 25.3 Å². The van der Waals surface area contributed by atoms with Crippen LogP contribution in [-0.4, -0.2) is 50.3 Å². The Morgan fingerprint density at radius 3 is 2.75 bits per heavy atom. The van der Waals surface area contributed by atoms with Gasteiger partial charge in [0.05, 0.1) is 36.3 Å². The second-order valence-electron chi connectivity index (χ2n) is 7.42. The van der Waals surface area contributed by atoms with Crippen molar-refractivity contribution in [2.45, 2.75) is 58.7 Å². The van der Waals surface area contributed by atoms with E-state index in [-0.39, 0.29) is 24.2 Å². The van der Waals surface area contributed by atoms with Gasteiger partial charge in [-0.3, -0.25) is 9.59 Å². The van der Waals surface area contributed by atoms with Crippen LogP contribution in [0.15, 0.2) is 16.9 Å². The Bertz CT molecular complexity index is 843. The van der Waals surface area contributed by atoms with Crippen molar-refractivity contribution >= 4 is 11.8 Å². The van der Waals surface area contributed by atoms with E-state index in [1.165, 1.54) is 0 Å². The molecular formula is C19H27N5O4. The number of amides is 2. The molecule has 9 heteroatoms. The zero-order valence-corrected chi connectivity index (χ0v) is 16.4. The van der Waals surface area contributed by atoms with Crippen LogP contribution in [0.5, 0.6) is 0 Å². The van der Waals surface area contributed by atoms with Crippen LogP contribution in [0.1, 0.15) is 35.7 Å². The summed E-state index contributed by atoms with van der Waals surface area (Å²) in [5.41, 5.74) is 2.76. The minimum atomic E-state index is -0.741. The van der Waals surface area contributed by atoms with Crippen molar-refractivity contribution in [2.75, 3.05) is 6.54 Å². The summed E-state index contributed by atoms with van der Waals surface area (Å²) in [4.78, 5) is 28.8. The molecule has 3 N–H and O–H groups in total. The Hall–Kier alpha value is -2.68. The van der Waals surface area contributed by atoms with Gasteiger partial charge in [0.25, 0.3) is 0 Å². The van der Waals surface area contributed by atoms with Crippen LogP contribution in [0.4, 0.5) is 0 Å². The molecule has 1 fully saturated rings. The lowest BCUT2D eigenvalue weighted by Crippen LogP contribution is -2.40. The maximum absolute atomic E-state index is 12.4. The molecule has 3 rings (SSSR count). The topological polar surface area (TPSA) is 122 Å². The highest BCUT2D eigenvalue weighted by Crippen LogP contribution is 2.26. The fourth-order valence-corrected chi connectivity index (χ4v) is 3.51. The third-order valence-electron chi connectivity index (χ3n) is 5.25. The van der Waals surface area contributed by atoms with Crippen LogP contribution in [-0.2, 0) is 22.6 Å². The van der Waals surface area contributed by atoms with Gasteiger partial charge in [0.15, 0.2) is 0 Å². The van der Waals surface area contributed by atoms with Gasteiger partial charge in [0, 0.05) is 30.8 Å². The summed E-state index contributed by atoms with van der Waals surface area (Å²) >= 11 is 0. The Morgan fingerprint density at radius 2 is 2.11 bits per heavy atom. The molecule has 2 aromatic heterocycles. The molecule has 3 atom stereocenters. The molecule has 0 aromatic carbocycles. The third-order valence-corrected chi connectivity index (χ3v) is 5.25. The quantitative estimate of drug-likeness (QED) is 0.630. The number of nitrogens with zero attached hydrogens (tertiary/aromatic N) is 3. The first kappa shape index (κ1) is 20.1. The van der Waals surface area contributed by atoms with Gasteiger partial charge in [-0.2, -0.15) is 0 Å². The Kier molecular flexibility index (Phi) is 6.13. The molecule has 0 saturated heterocycles. The summed E-state index contributed by atoms with van der Waals surface area (Å²) in [5.74, 6) is -0.205. The predicted octanol–water partition coefficient (Wildman–Crippen LogP) is 0.411. The lowest BCUT2D eigenvalue weighted by molar-refractivity contribution is -0.125. The van der Waals surface area contributed by atoms with E-state index in [2.05, 4.69) is 20.8 Å². The standard InChI is InChI=1S/C19H27N5O4/c1-11-6-15(28-23-11)9-18(26)22-16-7-14(8-17(16)25)19(27)20-4-5-24-10-21-12(2)13(24)3/h6,10,14,16-17,25H,4-5,7-9H2,1-3H3,(H,20,27)(H,22,26)/t14-,16+,17+/m0/s1. The average Bonchev–Trinajstić information content (AvgIpc) is 3.30. The van der Waals surface area contributed by atoms with Gasteiger partial charge in [0.1, 0.15) is 5.76 Å². The summed E-state index contributed by atoms with van der Waals surface area (Å²) in [6.45, 7) is 6.85. The highest BCUT2D eigenvalue weighted by molar-refractivity contribution is 5.80. The van der Waals surface area contributed by atoms with Crippen LogP contribution in [0.2, 0.25) is 0 Å². The largest absolute Gasteiger partial charge is 0.391 e. The van der Waals surface area contributed by atoms with Crippen LogP contribution >= 0.6 is 0 Å². The molecule has 1 saturated carbocycles. The summed E-state index contributed by atoms with van der Waals surface area (Å²) in [6, 6.07) is 1.26. The van der Waals surface area contributed by atoms with E-state index in [9.17, 15) is 14.7 Å². The molecule has 2 aromatic rings. The molecule has 0 radical (unpaired) electrons. The predicted molar refractivity (Wildman–Crippen MR) is 100 cm³/mol. The Balaban J connectivity index is 1.43. The molecule has 0 spiro atoms. The number of carbonyl (C=O) groups excluding carboxylic acids is 2. The summed E-state index contributed by atoms with van der Waals surface area (Å²) in [6.07, 6.45) is 1.83. The first-order valence-corrected chi connectivity index (χ1v) is 9.49. The van der Waals surface area contributed by atoms with Crippen LogP contribution < -0.4 is 10.6 Å². The van der Waals surface area contributed by atoms with E-state index in [1.54, 1.807) is 19.3 Å². The molecule has 1 aliphatic rings. The first-order chi connectivity index (χ1) is 13.3. The van der Waals surface area contributed by atoms with E-state index in [0.29, 0.717) is 37.4 Å². The van der Waals surface area contributed by atoms with E-state index in [1.807, 2.05) is 18.4 Å². The molecule has 28 heavy (non-hydrogen) atoms. The highest BCUT2D eigenvalue weighted by atomic mass is 16.5. The zero-order chi connectivity index (χ0) is 20.3. The number of nitrogens with one attached hydrogen (secondary N) is 2. The SMILES string of the molecule is Cc1cc(CC(=O)N[C@@H]2C[C@H](C(=O)NCCn3cnc(C)c3C)C[C@H]2O)on1. The zero-order valence-electron chi connectivity index (χ0n) is 16.4. The maximum atomic E-state index is 12.4. The lowest BCUT2D eigenvalue weighted by atomic mass is 10.1. The number of rotatable bonds is 7. The Morgan fingerprint density at radius 1 is 1.32 bits per heavy atom. The number of aromatic nitrogens is 3. The smallest absolute Gasteiger partial charge is 0.228 e. The molecule has 9 nitrogen and oxygen atoms in total. The molecule has 152 valence electrons. The number of hydrogen-bond donors (Lipinski definition) is 3. The third kappa shape index (κ3) is 4.78. The molecular weight excluding hydrogens is 362 g/mol. The van der Waals surface area contributed by atoms with E-state index < -0.39 is 12.1 Å². The minimum absolute atomic E-state index is 0.0601. The van der Waals surface area contributed by atoms with Crippen molar-refractivity contribution < 1.29 is 19.2 Å². The fourth-order valence-electron chi connectivity index (χ4n) is 3.51. The molecule has 0 aliphatic heterocycles. The van der Waals surface area contributed by atoms with E-state index >= 15 is 0 Å². The summed E-state index contributed by atoms with van der Waals surface area (Å²) in [7, 11) is 0. The van der Waals surface area contributed by atoms with Crippen molar-refractivity contribution in [1.29, 1.82) is 0 Å². The summed E-state index contributed by atoms with van der Waals surface area (Å²) in [5, 5.41) is 19.7. The normalized spacial score (nSPS) is 21.6. The van der Waals surface area contributed by atoms with Gasteiger partial charge in [-0.05, 0) is 33.6 Å². The molecule has 2 amide bonds. The summed E-state index contributed by atoms with van der Waals surface area (Å²) < 4.78 is 7.03. The van der Waals surface area contributed by atoms with Gasteiger partial charge in [-0.1, -0.05) is 5.16 Å². The second-order valence-corrected chi connectivity index (χ2v) is 7.42. The van der Waals surface area contributed by atoms with Crippen molar-refractivity contribution in [3.05, 3.63) is 35.2 Å². The Labute approximate surface area is 163 Å². The van der Waals surface area contributed by atoms with Crippen molar-refractivity contribution in [3.63, 3.8) is 0 Å². The van der Waals surface area contributed by atoms with Gasteiger partial charge < -0.3 is 24.8 Å². The van der Waals surface area contributed by atoms with Crippen LogP contribution in [0.3, 0.4) is 0 Å². The van der Waals surface area contributed by atoms with E-state index in [4.69, 9.17) is 4.52 Å². The van der Waals surface area contributed by atoms with E-state index in [0.717, 1.165) is 11.4 Å². The van der Waals surface area contributed by atoms with Gasteiger partial charge in [-0.15, -0.1) is 0 Å². The highest BCUT2D eigenvalue weighted by Gasteiger charge is 2.37. The molecule has 0 bridgehead atoms. The fraction of sp³-hybridized carbons (Fsp3) is 0.579. The number of imidazole rings is 1. The van der Waals surface area contributed by atoms with Crippen LogP contribution in [0, 0.1) is 26.7 Å². The van der Waals surface area contributed by atoms with Gasteiger partial charge in [0.2, 0.25) is 11.8 Å². The molecule has 1 aliphatic carbocycles. The number of aliphatic hydroxyl groups excluding tert-OH is 1. The number of hydrogen-bond acceptors (Lipinski definition) is 6. The number of aryl methyl sites for hydroxylation is 2. The molecule has 2 heterocycles. The van der Waals surface area contributed by atoms with Crippen molar-refractivity contribution in [3.8, 4) is 0 Å².